The van der Waals surface area contributed by atoms with Crippen molar-refractivity contribution < 1.29 is 9.53 Å². The minimum absolute atomic E-state index is 0.0329. The molecule has 0 saturated carbocycles. The Hall–Kier alpha value is -0.330. The van der Waals surface area contributed by atoms with Crippen molar-refractivity contribution in [3.8, 4) is 0 Å². The normalized spacial score (nSPS) is 12.3. The third-order valence-electron chi connectivity index (χ3n) is 2.56. The standard InChI is InChI=1S/C12H15ClINO2/c1-8(7-17-3)15(2)12(16)9-4-5-11(14)10(13)6-9/h4-6,8H,7H2,1-3H3. The van der Waals surface area contributed by atoms with Gasteiger partial charge in [0, 0.05) is 23.3 Å². The molecule has 3 nitrogen and oxygen atoms in total. The predicted octanol–water partition coefficient (Wildman–Crippen LogP) is 3.05. The van der Waals surface area contributed by atoms with Gasteiger partial charge in [0.25, 0.3) is 5.91 Å². The molecule has 0 radical (unpaired) electrons. The van der Waals surface area contributed by atoms with E-state index in [0.29, 0.717) is 17.2 Å². The maximum Gasteiger partial charge on any atom is 0.253 e. The van der Waals surface area contributed by atoms with Crippen LogP contribution in [0.2, 0.25) is 5.02 Å². The number of nitrogens with zero attached hydrogens (tertiary/aromatic N) is 1. The van der Waals surface area contributed by atoms with Crippen LogP contribution in [0.4, 0.5) is 0 Å². The van der Waals surface area contributed by atoms with Crippen molar-refractivity contribution >= 4 is 40.1 Å². The lowest BCUT2D eigenvalue weighted by Gasteiger charge is -2.24. The Morgan fingerprint density at radius 3 is 2.76 bits per heavy atom. The van der Waals surface area contributed by atoms with Crippen LogP contribution < -0.4 is 0 Å². The van der Waals surface area contributed by atoms with Crippen molar-refractivity contribution in [1.82, 2.24) is 4.90 Å². The molecule has 1 unspecified atom stereocenters. The molecule has 1 aromatic rings. The second kappa shape index (κ2) is 6.56. The van der Waals surface area contributed by atoms with Crippen molar-refractivity contribution in [2.45, 2.75) is 13.0 Å². The molecule has 0 aromatic heterocycles. The van der Waals surface area contributed by atoms with Crippen LogP contribution in [0.25, 0.3) is 0 Å². The summed E-state index contributed by atoms with van der Waals surface area (Å²) in [4.78, 5) is 13.8. The van der Waals surface area contributed by atoms with Crippen LogP contribution in [0.3, 0.4) is 0 Å². The molecule has 0 fully saturated rings. The van der Waals surface area contributed by atoms with Gasteiger partial charge in [-0.2, -0.15) is 0 Å². The third-order valence-corrected chi connectivity index (χ3v) is 4.13. The summed E-state index contributed by atoms with van der Waals surface area (Å²) in [6.07, 6.45) is 0. The van der Waals surface area contributed by atoms with Crippen molar-refractivity contribution in [3.05, 3.63) is 32.4 Å². The monoisotopic (exact) mass is 367 g/mol. The summed E-state index contributed by atoms with van der Waals surface area (Å²) in [5.41, 5.74) is 0.598. The minimum Gasteiger partial charge on any atom is -0.383 e. The predicted molar refractivity (Wildman–Crippen MR) is 77.6 cm³/mol. The molecular formula is C12H15ClINO2. The summed E-state index contributed by atoms with van der Waals surface area (Å²) in [6, 6.07) is 5.35. The molecule has 1 amide bonds. The number of benzene rings is 1. The van der Waals surface area contributed by atoms with Crippen molar-refractivity contribution in [2.24, 2.45) is 0 Å². The number of amides is 1. The summed E-state index contributed by atoms with van der Waals surface area (Å²) < 4.78 is 5.97. The fourth-order valence-corrected chi connectivity index (χ4v) is 1.90. The number of carbonyl (C=O) groups excluding carboxylic acids is 1. The maximum atomic E-state index is 12.1. The number of halogens is 2. The molecule has 0 aliphatic carbocycles. The number of carbonyl (C=O) groups is 1. The van der Waals surface area contributed by atoms with Gasteiger partial charge in [-0.05, 0) is 47.7 Å². The Bertz CT molecular complexity index is 411. The molecule has 0 aliphatic rings. The first-order valence-electron chi connectivity index (χ1n) is 5.18. The largest absolute Gasteiger partial charge is 0.383 e. The highest BCUT2D eigenvalue weighted by atomic mass is 127. The average Bonchev–Trinajstić information content (AvgIpc) is 2.31. The van der Waals surface area contributed by atoms with E-state index in [4.69, 9.17) is 16.3 Å². The number of likely N-dealkylation sites (N-methyl/N-ethyl adjacent to an activating group) is 1. The van der Waals surface area contributed by atoms with Crippen LogP contribution in [0.1, 0.15) is 17.3 Å². The fourth-order valence-electron chi connectivity index (χ4n) is 1.39. The zero-order chi connectivity index (χ0) is 13.0. The van der Waals surface area contributed by atoms with E-state index in [2.05, 4.69) is 22.6 Å². The van der Waals surface area contributed by atoms with Gasteiger partial charge in [-0.3, -0.25) is 4.79 Å². The van der Waals surface area contributed by atoms with Crippen LogP contribution in [-0.2, 0) is 4.74 Å². The van der Waals surface area contributed by atoms with Crippen molar-refractivity contribution in [3.63, 3.8) is 0 Å². The summed E-state index contributed by atoms with van der Waals surface area (Å²) >= 11 is 8.13. The number of hydrogen-bond donors (Lipinski definition) is 0. The summed E-state index contributed by atoms with van der Waals surface area (Å²) in [6.45, 7) is 2.45. The molecule has 1 rings (SSSR count). The molecule has 0 N–H and O–H groups in total. The van der Waals surface area contributed by atoms with E-state index in [1.165, 1.54) is 0 Å². The molecule has 1 atom stereocenters. The highest BCUT2D eigenvalue weighted by Gasteiger charge is 2.17. The topological polar surface area (TPSA) is 29.5 Å². The Balaban J connectivity index is 2.85. The van der Waals surface area contributed by atoms with E-state index in [1.54, 1.807) is 31.2 Å². The minimum atomic E-state index is -0.0483. The van der Waals surface area contributed by atoms with Gasteiger partial charge in [-0.25, -0.2) is 0 Å². The van der Waals surface area contributed by atoms with Gasteiger partial charge >= 0.3 is 0 Å². The lowest BCUT2D eigenvalue weighted by molar-refractivity contribution is 0.0633. The Kier molecular flexibility index (Phi) is 5.69. The second-order valence-corrected chi connectivity index (χ2v) is 5.42. The number of hydrogen-bond acceptors (Lipinski definition) is 2. The van der Waals surface area contributed by atoms with Gasteiger partial charge in [0.15, 0.2) is 0 Å². The zero-order valence-corrected chi connectivity index (χ0v) is 12.9. The molecule has 17 heavy (non-hydrogen) atoms. The first kappa shape index (κ1) is 14.7. The molecule has 1 aromatic carbocycles. The van der Waals surface area contributed by atoms with Crippen LogP contribution in [0, 0.1) is 3.57 Å². The molecule has 94 valence electrons. The van der Waals surface area contributed by atoms with Crippen molar-refractivity contribution in [2.75, 3.05) is 20.8 Å². The number of rotatable bonds is 4. The summed E-state index contributed by atoms with van der Waals surface area (Å²) in [5.74, 6) is -0.0483. The van der Waals surface area contributed by atoms with Gasteiger partial charge in [0.1, 0.15) is 0 Å². The lowest BCUT2D eigenvalue weighted by atomic mass is 10.2. The quantitative estimate of drug-likeness (QED) is 0.766. The summed E-state index contributed by atoms with van der Waals surface area (Å²) in [5, 5.41) is 0.601. The molecule has 0 aliphatic heterocycles. The van der Waals surface area contributed by atoms with Gasteiger partial charge in [-0.1, -0.05) is 11.6 Å². The van der Waals surface area contributed by atoms with Gasteiger partial charge < -0.3 is 9.64 Å². The molecule has 0 bridgehead atoms. The van der Waals surface area contributed by atoms with Gasteiger partial charge in [0.05, 0.1) is 17.7 Å². The van der Waals surface area contributed by atoms with Crippen molar-refractivity contribution in [1.29, 1.82) is 0 Å². The number of methoxy groups -OCH3 is 1. The highest BCUT2D eigenvalue weighted by molar-refractivity contribution is 14.1. The first-order chi connectivity index (χ1) is 7.97. The molecular weight excluding hydrogens is 352 g/mol. The Morgan fingerprint density at radius 1 is 1.59 bits per heavy atom. The number of ether oxygens (including phenoxy) is 1. The molecule has 0 spiro atoms. The molecule has 0 saturated heterocycles. The van der Waals surface area contributed by atoms with Crippen LogP contribution >= 0.6 is 34.2 Å². The maximum absolute atomic E-state index is 12.1. The van der Waals surface area contributed by atoms with E-state index in [0.717, 1.165) is 3.57 Å². The van der Waals surface area contributed by atoms with E-state index >= 15 is 0 Å². The highest BCUT2D eigenvalue weighted by Crippen LogP contribution is 2.20. The SMILES string of the molecule is COCC(C)N(C)C(=O)c1ccc(I)c(Cl)c1. The lowest BCUT2D eigenvalue weighted by Crippen LogP contribution is -2.37. The molecule has 5 heteroatoms. The van der Waals surface area contributed by atoms with Crippen LogP contribution in [0.5, 0.6) is 0 Å². The zero-order valence-electron chi connectivity index (χ0n) is 10.0. The second-order valence-electron chi connectivity index (χ2n) is 3.85. The van der Waals surface area contributed by atoms with E-state index in [9.17, 15) is 4.79 Å². The Labute approximate surface area is 120 Å². The third kappa shape index (κ3) is 3.82. The van der Waals surface area contributed by atoms with Gasteiger partial charge in [-0.15, -0.1) is 0 Å². The van der Waals surface area contributed by atoms with E-state index in [1.807, 2.05) is 13.0 Å². The van der Waals surface area contributed by atoms with E-state index in [-0.39, 0.29) is 11.9 Å². The summed E-state index contributed by atoms with van der Waals surface area (Å²) in [7, 11) is 3.38. The first-order valence-corrected chi connectivity index (χ1v) is 6.64. The smallest absolute Gasteiger partial charge is 0.253 e. The van der Waals surface area contributed by atoms with Crippen LogP contribution in [-0.4, -0.2) is 37.6 Å². The van der Waals surface area contributed by atoms with Gasteiger partial charge in [0.2, 0.25) is 0 Å². The fraction of sp³-hybridized carbons (Fsp3) is 0.417. The van der Waals surface area contributed by atoms with Crippen LogP contribution in [0.15, 0.2) is 18.2 Å². The average molecular weight is 368 g/mol. The Morgan fingerprint density at radius 2 is 2.24 bits per heavy atom. The van der Waals surface area contributed by atoms with E-state index < -0.39 is 0 Å². The molecule has 0 heterocycles.